The zero-order valence-corrected chi connectivity index (χ0v) is 17.4. The predicted octanol–water partition coefficient (Wildman–Crippen LogP) is 3.57. The minimum absolute atomic E-state index is 0.268. The molecule has 8 heteroatoms. The summed E-state index contributed by atoms with van der Waals surface area (Å²) in [5, 5.41) is 6.37. The van der Waals surface area contributed by atoms with Gasteiger partial charge in [-0.3, -0.25) is 15.2 Å². The second kappa shape index (κ2) is 8.68. The van der Waals surface area contributed by atoms with E-state index in [0.29, 0.717) is 17.2 Å². The van der Waals surface area contributed by atoms with Crippen molar-refractivity contribution in [2.24, 2.45) is 0 Å². The molecule has 2 aromatic carbocycles. The number of nitrogens with one attached hydrogen (secondary N) is 3. The number of hydrogen-bond donors (Lipinski definition) is 3. The molecule has 0 radical (unpaired) electrons. The average molecular weight is 416 g/mol. The van der Waals surface area contributed by atoms with E-state index < -0.39 is 0 Å². The maximum Gasteiger partial charge on any atom is 0.247 e. The van der Waals surface area contributed by atoms with Gasteiger partial charge in [-0.2, -0.15) is 0 Å². The van der Waals surface area contributed by atoms with E-state index in [-0.39, 0.29) is 5.91 Å². The van der Waals surface area contributed by atoms with E-state index in [9.17, 15) is 4.79 Å². The van der Waals surface area contributed by atoms with Gasteiger partial charge in [0.1, 0.15) is 11.5 Å². The van der Waals surface area contributed by atoms with E-state index in [2.05, 4.69) is 39.9 Å². The zero-order chi connectivity index (χ0) is 21.8. The monoisotopic (exact) mass is 416 g/mol. The van der Waals surface area contributed by atoms with Crippen molar-refractivity contribution in [2.75, 3.05) is 29.7 Å². The van der Waals surface area contributed by atoms with E-state index in [4.69, 9.17) is 4.74 Å². The Morgan fingerprint density at radius 3 is 2.71 bits per heavy atom. The van der Waals surface area contributed by atoms with Crippen molar-refractivity contribution >= 4 is 23.0 Å². The number of carbonyl (C=O) groups is 1. The number of anilines is 3. The number of nitrogens with zero attached hydrogens (tertiary/aromatic N) is 3. The molecule has 2 heterocycles. The van der Waals surface area contributed by atoms with Gasteiger partial charge in [0.15, 0.2) is 0 Å². The van der Waals surface area contributed by atoms with Gasteiger partial charge in [0.2, 0.25) is 5.91 Å². The Morgan fingerprint density at radius 2 is 1.97 bits per heavy atom. The van der Waals surface area contributed by atoms with Gasteiger partial charge in [-0.25, -0.2) is 5.12 Å². The number of ether oxygens (including phenoxy) is 1. The molecular weight excluding hydrogens is 392 g/mol. The first-order chi connectivity index (χ1) is 15.0. The second-order valence-electron chi connectivity index (χ2n) is 7.13. The van der Waals surface area contributed by atoms with Crippen LogP contribution in [0.2, 0.25) is 0 Å². The van der Waals surface area contributed by atoms with Crippen LogP contribution in [0.4, 0.5) is 17.1 Å². The number of fused-ring (bicyclic) bond motifs is 1. The SMILES string of the molecule is C=CC(=O)Nc1cccc(OC2=CC3=CN(Nc4ccc(N(C)C)cc4)NN3C=C2)c1. The molecule has 0 aromatic heterocycles. The first-order valence-electron chi connectivity index (χ1n) is 9.72. The standard InChI is InChI=1S/C23H24N6O2/c1-4-23(30)24-18-6-5-7-21(14-18)31-22-12-13-28-20(15-22)16-29(26-28)25-17-8-10-19(11-9-17)27(2)3/h4-16,25-26H,1H2,2-3H3,(H,24,30). The van der Waals surface area contributed by atoms with E-state index in [1.807, 2.05) is 67.9 Å². The maximum absolute atomic E-state index is 11.5. The molecule has 4 rings (SSSR count). The number of carbonyl (C=O) groups excluding carboxylic acids is 1. The van der Waals surface area contributed by atoms with Gasteiger partial charge in [0.25, 0.3) is 0 Å². The van der Waals surface area contributed by atoms with Crippen LogP contribution in [0, 0.1) is 0 Å². The van der Waals surface area contributed by atoms with Gasteiger partial charge in [-0.1, -0.05) is 12.6 Å². The molecule has 2 aliphatic rings. The first kappa shape index (κ1) is 20.1. The predicted molar refractivity (Wildman–Crippen MR) is 122 cm³/mol. The van der Waals surface area contributed by atoms with Crippen LogP contribution < -0.4 is 25.9 Å². The molecule has 0 saturated carbocycles. The van der Waals surface area contributed by atoms with Crippen LogP contribution in [0.25, 0.3) is 0 Å². The minimum atomic E-state index is -0.268. The van der Waals surface area contributed by atoms with Crippen LogP contribution in [-0.4, -0.2) is 30.1 Å². The molecule has 8 nitrogen and oxygen atoms in total. The Kier molecular flexibility index (Phi) is 5.63. The van der Waals surface area contributed by atoms with Gasteiger partial charge in [0, 0.05) is 43.8 Å². The summed E-state index contributed by atoms with van der Waals surface area (Å²) in [6.45, 7) is 3.46. The van der Waals surface area contributed by atoms with Crippen molar-refractivity contribution in [3.8, 4) is 5.75 Å². The number of rotatable bonds is 7. The molecule has 0 bridgehead atoms. The summed E-state index contributed by atoms with van der Waals surface area (Å²) >= 11 is 0. The Hall–Kier alpha value is -4.17. The lowest BCUT2D eigenvalue weighted by Gasteiger charge is -2.24. The van der Waals surface area contributed by atoms with Gasteiger partial charge in [-0.15, -0.1) is 5.53 Å². The molecule has 0 atom stereocenters. The minimum Gasteiger partial charge on any atom is -0.457 e. The third kappa shape index (κ3) is 4.88. The number of hydrogen-bond acceptors (Lipinski definition) is 7. The number of amides is 1. The highest BCUT2D eigenvalue weighted by molar-refractivity contribution is 5.98. The Bertz CT molecular complexity index is 1070. The van der Waals surface area contributed by atoms with E-state index >= 15 is 0 Å². The normalized spacial score (nSPS) is 14.4. The molecule has 158 valence electrons. The van der Waals surface area contributed by atoms with Crippen LogP contribution in [-0.2, 0) is 4.79 Å². The average Bonchev–Trinajstić information content (AvgIpc) is 3.15. The summed E-state index contributed by atoms with van der Waals surface area (Å²) in [7, 11) is 4.03. The van der Waals surface area contributed by atoms with Crippen molar-refractivity contribution in [3.63, 3.8) is 0 Å². The van der Waals surface area contributed by atoms with E-state index in [0.717, 1.165) is 17.1 Å². The summed E-state index contributed by atoms with van der Waals surface area (Å²) in [4.78, 5) is 13.5. The Morgan fingerprint density at radius 1 is 1.16 bits per heavy atom. The third-order valence-electron chi connectivity index (χ3n) is 4.59. The topological polar surface area (TPSA) is 72.1 Å². The summed E-state index contributed by atoms with van der Waals surface area (Å²) in [5.41, 5.74) is 10.1. The third-order valence-corrected chi connectivity index (χ3v) is 4.59. The fourth-order valence-electron chi connectivity index (χ4n) is 3.03. The molecule has 0 saturated heterocycles. The smallest absolute Gasteiger partial charge is 0.247 e. The van der Waals surface area contributed by atoms with Gasteiger partial charge >= 0.3 is 0 Å². The lowest BCUT2D eigenvalue weighted by Crippen LogP contribution is -2.41. The molecule has 1 amide bonds. The van der Waals surface area contributed by atoms with Crippen molar-refractivity contribution in [2.45, 2.75) is 0 Å². The van der Waals surface area contributed by atoms with Gasteiger partial charge < -0.3 is 15.0 Å². The van der Waals surface area contributed by atoms with Crippen LogP contribution >= 0.6 is 0 Å². The van der Waals surface area contributed by atoms with E-state index in [1.165, 1.54) is 6.08 Å². The summed E-state index contributed by atoms with van der Waals surface area (Å²) in [6, 6.07) is 15.3. The van der Waals surface area contributed by atoms with Crippen molar-refractivity contribution in [3.05, 3.63) is 97.2 Å². The molecular formula is C23H24N6O2. The van der Waals surface area contributed by atoms with Crippen molar-refractivity contribution in [1.29, 1.82) is 0 Å². The summed E-state index contributed by atoms with van der Waals surface area (Å²) < 4.78 is 5.97. The summed E-state index contributed by atoms with van der Waals surface area (Å²) in [6.07, 6.45) is 8.80. The molecule has 0 aliphatic carbocycles. The van der Waals surface area contributed by atoms with Crippen LogP contribution in [0.5, 0.6) is 5.75 Å². The van der Waals surface area contributed by atoms with Crippen molar-refractivity contribution in [1.82, 2.24) is 15.7 Å². The highest BCUT2D eigenvalue weighted by atomic mass is 16.5. The molecule has 0 unspecified atom stereocenters. The Balaban J connectivity index is 1.41. The van der Waals surface area contributed by atoms with Crippen LogP contribution in [0.1, 0.15) is 0 Å². The lowest BCUT2D eigenvalue weighted by molar-refractivity contribution is -0.111. The van der Waals surface area contributed by atoms with Crippen LogP contribution in [0.3, 0.4) is 0 Å². The fraction of sp³-hybridized carbons (Fsp3) is 0.0870. The second-order valence-corrected chi connectivity index (χ2v) is 7.13. The number of benzene rings is 2. The Labute approximate surface area is 181 Å². The molecule has 2 aliphatic heterocycles. The lowest BCUT2D eigenvalue weighted by atomic mass is 10.2. The molecule has 2 aromatic rings. The van der Waals surface area contributed by atoms with E-state index in [1.54, 1.807) is 17.3 Å². The first-order valence-corrected chi connectivity index (χ1v) is 9.72. The summed E-state index contributed by atoms with van der Waals surface area (Å²) in [5.74, 6) is 1.03. The highest BCUT2D eigenvalue weighted by Gasteiger charge is 2.21. The quantitative estimate of drug-likeness (QED) is 0.596. The largest absolute Gasteiger partial charge is 0.457 e. The molecule has 31 heavy (non-hydrogen) atoms. The highest BCUT2D eigenvalue weighted by Crippen LogP contribution is 2.25. The maximum atomic E-state index is 11.5. The molecule has 0 fully saturated rings. The molecule has 0 spiro atoms. The van der Waals surface area contributed by atoms with Gasteiger partial charge in [-0.05, 0) is 48.6 Å². The van der Waals surface area contributed by atoms with Crippen LogP contribution in [0.15, 0.2) is 97.2 Å². The van der Waals surface area contributed by atoms with Gasteiger partial charge in [0.05, 0.1) is 17.6 Å². The number of hydrazine groups is 3. The zero-order valence-electron chi connectivity index (χ0n) is 17.4. The number of allylic oxidation sites excluding steroid dienone is 2. The van der Waals surface area contributed by atoms with Crippen molar-refractivity contribution < 1.29 is 9.53 Å². The molecule has 3 N–H and O–H groups in total. The fourth-order valence-corrected chi connectivity index (χ4v) is 3.03.